The Hall–Kier alpha value is -3.29. The maximum Gasteiger partial charge on any atom is 0.220 e. The summed E-state index contributed by atoms with van der Waals surface area (Å²) in [5.41, 5.74) is 0. The molecule has 0 aromatic heterocycles. The number of allylic oxidation sites excluding steroid dienone is 15. The highest BCUT2D eigenvalue weighted by Gasteiger charge is 2.53. The lowest BCUT2D eigenvalue weighted by Crippen LogP contribution is -2.66. The zero-order valence-corrected chi connectivity index (χ0v) is 54.6. The normalized spacial score (nSPS) is 28.7. The van der Waals surface area contributed by atoms with Gasteiger partial charge in [-0.15, -0.1) is 0 Å². The van der Waals surface area contributed by atoms with Crippen molar-refractivity contribution in [1.82, 2.24) is 5.32 Å². The summed E-state index contributed by atoms with van der Waals surface area (Å²) in [5.74, 6) is -0.298. The highest BCUT2D eigenvalue weighted by Crippen LogP contribution is 2.33. The summed E-state index contributed by atoms with van der Waals surface area (Å²) >= 11 is 0. The molecule has 12 N–H and O–H groups in total. The van der Waals surface area contributed by atoms with E-state index in [0.29, 0.717) is 6.42 Å². The monoisotopic (exact) mass is 1280 g/mol. The predicted molar refractivity (Wildman–Crippen MR) is 351 cm³/mol. The number of unbranched alkanes of at least 4 members (excludes halogenated alkanes) is 21. The Morgan fingerprint density at radius 2 is 0.767 bits per heavy atom. The van der Waals surface area contributed by atoms with Crippen molar-refractivity contribution in [3.8, 4) is 0 Å². The van der Waals surface area contributed by atoms with E-state index in [0.717, 1.165) is 103 Å². The fourth-order valence-electron chi connectivity index (χ4n) is 11.1. The molecular formula is C71H121NO18. The zero-order valence-electron chi connectivity index (χ0n) is 54.6. The van der Waals surface area contributed by atoms with Crippen molar-refractivity contribution in [2.45, 2.75) is 317 Å². The molecule has 0 aromatic rings. The number of aliphatic hydroxyl groups excluding tert-OH is 11. The van der Waals surface area contributed by atoms with Gasteiger partial charge in [-0.25, -0.2) is 0 Å². The predicted octanol–water partition coefficient (Wildman–Crippen LogP) is 8.88. The highest BCUT2D eigenvalue weighted by atomic mass is 16.8. The van der Waals surface area contributed by atoms with Gasteiger partial charge in [0, 0.05) is 6.42 Å². The summed E-state index contributed by atoms with van der Waals surface area (Å²) < 4.78 is 34.3. The number of nitrogens with one attached hydrogen (secondary N) is 1. The number of aliphatic hydroxyl groups is 11. The van der Waals surface area contributed by atoms with E-state index >= 15 is 0 Å². The van der Waals surface area contributed by atoms with Gasteiger partial charge in [0.05, 0.1) is 38.6 Å². The summed E-state index contributed by atoms with van der Waals surface area (Å²) in [6, 6.07) is -0.991. The number of amides is 1. The Morgan fingerprint density at radius 1 is 0.411 bits per heavy atom. The van der Waals surface area contributed by atoms with Crippen molar-refractivity contribution in [2.75, 3.05) is 26.4 Å². The van der Waals surface area contributed by atoms with Gasteiger partial charge in [0.1, 0.15) is 73.2 Å². The fraction of sp³-hybridized carbons (Fsp3) is 0.761. The van der Waals surface area contributed by atoms with E-state index in [1.54, 1.807) is 6.08 Å². The van der Waals surface area contributed by atoms with Crippen LogP contribution in [0, 0.1) is 0 Å². The molecule has 518 valence electrons. The van der Waals surface area contributed by atoms with Crippen molar-refractivity contribution in [1.29, 1.82) is 0 Å². The average Bonchev–Trinajstić information content (AvgIpc) is 0.866. The molecule has 0 radical (unpaired) electrons. The molecule has 3 fully saturated rings. The summed E-state index contributed by atoms with van der Waals surface area (Å²) in [7, 11) is 0. The van der Waals surface area contributed by atoms with Crippen LogP contribution in [0.2, 0.25) is 0 Å². The second-order valence-corrected chi connectivity index (χ2v) is 24.3. The topological polar surface area (TPSA) is 307 Å². The van der Waals surface area contributed by atoms with Crippen LogP contribution in [0.1, 0.15) is 213 Å². The zero-order chi connectivity index (χ0) is 65.4. The fourth-order valence-corrected chi connectivity index (χ4v) is 11.1. The van der Waals surface area contributed by atoms with Crippen LogP contribution in [0.3, 0.4) is 0 Å². The first-order valence-electron chi connectivity index (χ1n) is 34.5. The molecule has 19 nitrogen and oxygen atoms in total. The second kappa shape index (κ2) is 52.0. The largest absolute Gasteiger partial charge is 0.394 e. The molecule has 0 aliphatic carbocycles. The van der Waals surface area contributed by atoms with Crippen molar-refractivity contribution in [3.63, 3.8) is 0 Å². The number of carbonyl (C=O) groups is 1. The van der Waals surface area contributed by atoms with Gasteiger partial charge in [-0.3, -0.25) is 4.79 Å². The van der Waals surface area contributed by atoms with Crippen molar-refractivity contribution < 1.29 is 89.4 Å². The van der Waals surface area contributed by atoms with Gasteiger partial charge >= 0.3 is 0 Å². The van der Waals surface area contributed by atoms with E-state index in [1.807, 2.05) is 6.08 Å². The quantitative estimate of drug-likeness (QED) is 0.0200. The van der Waals surface area contributed by atoms with E-state index in [4.69, 9.17) is 28.4 Å². The number of hydrogen-bond donors (Lipinski definition) is 12. The number of rotatable bonds is 51. The Kier molecular flexibility index (Phi) is 46.8. The molecule has 17 unspecified atom stereocenters. The number of hydrogen-bond acceptors (Lipinski definition) is 18. The SMILES string of the molecule is CC/C=C\C/C=C\C/C=C\C/C=C\C/C=C\C/C=C\C/C=C\CCCCCCCC(=O)NC(COC1OC(CO)C(OC2OC(CO)C(OC3OC(CO)C(O)C(O)C3O)C(O)C2O)C(O)C1O)C(O)/C=C/CCCCCCCCCCCCCCCCCC. The van der Waals surface area contributed by atoms with E-state index < -0.39 is 124 Å². The summed E-state index contributed by atoms with van der Waals surface area (Å²) in [5, 5.41) is 120. The van der Waals surface area contributed by atoms with Crippen molar-refractivity contribution >= 4 is 5.91 Å². The summed E-state index contributed by atoms with van der Waals surface area (Å²) in [4.78, 5) is 13.4. The third kappa shape index (κ3) is 33.7. The first kappa shape index (κ1) is 80.9. The van der Waals surface area contributed by atoms with Crippen LogP contribution in [0.4, 0.5) is 0 Å². The minimum absolute atomic E-state index is 0.215. The smallest absolute Gasteiger partial charge is 0.220 e. The van der Waals surface area contributed by atoms with Crippen LogP contribution >= 0.6 is 0 Å². The van der Waals surface area contributed by atoms with E-state index in [-0.39, 0.29) is 18.9 Å². The van der Waals surface area contributed by atoms with Crippen LogP contribution in [0.25, 0.3) is 0 Å². The number of ether oxygens (including phenoxy) is 6. The maximum atomic E-state index is 13.4. The van der Waals surface area contributed by atoms with E-state index in [2.05, 4.69) is 104 Å². The van der Waals surface area contributed by atoms with Crippen LogP contribution in [-0.4, -0.2) is 193 Å². The molecule has 3 saturated heterocycles. The molecule has 0 aromatic carbocycles. The minimum Gasteiger partial charge on any atom is -0.394 e. The Morgan fingerprint density at radius 3 is 1.20 bits per heavy atom. The van der Waals surface area contributed by atoms with Gasteiger partial charge in [0.25, 0.3) is 0 Å². The lowest BCUT2D eigenvalue weighted by molar-refractivity contribution is -0.379. The second-order valence-electron chi connectivity index (χ2n) is 24.3. The Balaban J connectivity index is 1.45. The highest BCUT2D eigenvalue weighted by molar-refractivity contribution is 5.76. The van der Waals surface area contributed by atoms with Gasteiger partial charge in [-0.05, 0) is 77.0 Å². The summed E-state index contributed by atoms with van der Waals surface area (Å²) in [6.45, 7) is 1.60. The van der Waals surface area contributed by atoms with E-state index in [1.165, 1.54) is 83.5 Å². The lowest BCUT2D eigenvalue weighted by atomic mass is 9.96. The van der Waals surface area contributed by atoms with E-state index in [9.17, 15) is 61.0 Å². The first-order valence-corrected chi connectivity index (χ1v) is 34.5. The minimum atomic E-state index is -1.98. The molecule has 3 rings (SSSR count). The molecule has 90 heavy (non-hydrogen) atoms. The van der Waals surface area contributed by atoms with Gasteiger partial charge in [0.15, 0.2) is 18.9 Å². The van der Waals surface area contributed by atoms with Crippen LogP contribution in [-0.2, 0) is 33.2 Å². The average molecular weight is 1280 g/mol. The van der Waals surface area contributed by atoms with Gasteiger partial charge in [0.2, 0.25) is 5.91 Å². The van der Waals surface area contributed by atoms with Gasteiger partial charge in [-0.1, -0.05) is 227 Å². The molecule has 3 aliphatic heterocycles. The third-order valence-corrected chi connectivity index (χ3v) is 16.6. The van der Waals surface area contributed by atoms with Crippen molar-refractivity contribution in [3.05, 3.63) is 97.2 Å². The van der Waals surface area contributed by atoms with Gasteiger partial charge < -0.3 is 89.9 Å². The molecule has 0 bridgehead atoms. The molecule has 3 aliphatic rings. The van der Waals surface area contributed by atoms with Crippen LogP contribution in [0.15, 0.2) is 97.2 Å². The standard InChI is InChI=1S/C71H121NO18/c1-3-5-7-9-11-13-15-17-19-21-23-24-25-26-27-28-29-30-31-33-35-37-39-41-43-45-47-49-59(77)72-54(55(76)48-46-44-42-40-38-36-34-32-22-20-18-16-14-12-10-8-6-4-2)53-85-69-65(83)62(80)67(57(51-74)87-69)90-71-66(84)63(81)68(58(52-75)88-71)89-70-64(82)61(79)60(78)56(50-73)86-70/h5,7,11,13,17,19,23-24,26-27,29-30,33,35,46,48,54-58,60-71,73-76,78-84H,3-4,6,8-10,12,14-16,18,20-22,25,28,31-32,34,36-45,47,49-53H2,1-2H3,(H,72,77)/b7-5-,13-11-,19-17-,24-23-,27-26-,30-29-,35-33-,48-46+. The molecule has 0 saturated carbocycles. The first-order chi connectivity index (χ1) is 43.8. The maximum absolute atomic E-state index is 13.4. The molecule has 17 atom stereocenters. The van der Waals surface area contributed by atoms with Crippen LogP contribution < -0.4 is 5.32 Å². The third-order valence-electron chi connectivity index (χ3n) is 16.6. The van der Waals surface area contributed by atoms with Gasteiger partial charge in [-0.2, -0.15) is 0 Å². The molecule has 1 amide bonds. The molecular weight excluding hydrogens is 1150 g/mol. The molecule has 3 heterocycles. The molecule has 19 heteroatoms. The Labute approximate surface area is 539 Å². The Bertz CT molecular complexity index is 2010. The van der Waals surface area contributed by atoms with Crippen LogP contribution in [0.5, 0.6) is 0 Å². The molecule has 0 spiro atoms. The number of carbonyl (C=O) groups excluding carboxylic acids is 1. The van der Waals surface area contributed by atoms with Crippen molar-refractivity contribution in [2.24, 2.45) is 0 Å². The summed E-state index contributed by atoms with van der Waals surface area (Å²) in [6.07, 6.45) is 40.8. The lowest BCUT2D eigenvalue weighted by Gasteiger charge is -2.48.